The van der Waals surface area contributed by atoms with Gasteiger partial charge in [-0.25, -0.2) is 4.39 Å². The number of rotatable bonds is 7. The van der Waals surface area contributed by atoms with Crippen molar-refractivity contribution < 1.29 is 18.7 Å². The minimum atomic E-state index is -0.243. The van der Waals surface area contributed by atoms with Crippen molar-refractivity contribution in [3.05, 3.63) is 101 Å². The first-order valence-electron chi connectivity index (χ1n) is 11.9. The molecule has 5 nitrogen and oxygen atoms in total. The third kappa shape index (κ3) is 5.95. The largest absolute Gasteiger partial charge is 0.483 e. The molecule has 1 saturated heterocycles. The highest BCUT2D eigenvalue weighted by atomic mass is 19.1. The number of halogens is 1. The summed E-state index contributed by atoms with van der Waals surface area (Å²) in [6.45, 7) is 7.91. The van der Waals surface area contributed by atoms with Gasteiger partial charge in [0.05, 0.1) is 5.56 Å². The predicted molar refractivity (Wildman–Crippen MR) is 134 cm³/mol. The second kappa shape index (κ2) is 10.8. The molecule has 4 rings (SSSR count). The molecule has 3 aromatic carbocycles. The number of amides is 1. The number of benzene rings is 3. The van der Waals surface area contributed by atoms with Crippen LogP contribution in [0.4, 0.5) is 4.39 Å². The smallest absolute Gasteiger partial charge is 0.260 e. The second-order valence-electron chi connectivity index (χ2n) is 9.28. The topological polar surface area (TPSA) is 49.9 Å². The lowest BCUT2D eigenvalue weighted by molar-refractivity contribution is -0.139. The van der Waals surface area contributed by atoms with Gasteiger partial charge in [-0.05, 0) is 50.6 Å². The minimum absolute atomic E-state index is 0.00573. The van der Waals surface area contributed by atoms with Crippen molar-refractivity contribution in [3.63, 3.8) is 0 Å². The predicted octanol–water partition coefficient (Wildman–Crippen LogP) is 4.87. The molecule has 1 fully saturated rings. The van der Waals surface area contributed by atoms with Crippen LogP contribution >= 0.6 is 0 Å². The number of piperazine rings is 1. The second-order valence-corrected chi connectivity index (χ2v) is 9.28. The van der Waals surface area contributed by atoms with Gasteiger partial charge in [-0.1, -0.05) is 54.1 Å². The molecule has 0 saturated carbocycles. The lowest BCUT2D eigenvalue weighted by Crippen LogP contribution is -2.58. The van der Waals surface area contributed by atoms with Gasteiger partial charge in [0.15, 0.2) is 12.4 Å². The fraction of sp³-hybridized carbons (Fsp3) is 0.310. The lowest BCUT2D eigenvalue weighted by atomic mass is 10.0. The van der Waals surface area contributed by atoms with Crippen molar-refractivity contribution in [2.24, 2.45) is 0 Å². The molecule has 0 unspecified atom stereocenters. The minimum Gasteiger partial charge on any atom is -0.483 e. The standard InChI is InChI=1S/C29H31FN2O3/c1-20-9-14-27(26(15-20)29(34)24-7-5-4-6-8-24)35-19-28(33)32-17-21(2)31(16-22(32)3)18-23-10-12-25(30)13-11-23/h4-15,21-22H,16-19H2,1-3H3/t21-,22+/m1/s1. The molecule has 1 amide bonds. The van der Waals surface area contributed by atoms with Gasteiger partial charge in [0.2, 0.25) is 0 Å². The average molecular weight is 475 g/mol. The molecule has 0 aromatic heterocycles. The summed E-state index contributed by atoms with van der Waals surface area (Å²) in [6.07, 6.45) is 0. The average Bonchev–Trinajstić information content (AvgIpc) is 2.86. The molecular weight excluding hydrogens is 443 g/mol. The van der Waals surface area contributed by atoms with Crippen LogP contribution in [-0.2, 0) is 11.3 Å². The fourth-order valence-corrected chi connectivity index (χ4v) is 4.50. The van der Waals surface area contributed by atoms with Gasteiger partial charge in [0, 0.05) is 37.3 Å². The Kier molecular flexibility index (Phi) is 7.61. The Morgan fingerprint density at radius 2 is 1.66 bits per heavy atom. The van der Waals surface area contributed by atoms with Crippen LogP contribution in [0.15, 0.2) is 72.8 Å². The third-order valence-electron chi connectivity index (χ3n) is 6.50. The maximum atomic E-state index is 13.2. The van der Waals surface area contributed by atoms with E-state index < -0.39 is 0 Å². The van der Waals surface area contributed by atoms with Crippen LogP contribution in [0.5, 0.6) is 5.75 Å². The van der Waals surface area contributed by atoms with Crippen molar-refractivity contribution in [3.8, 4) is 5.75 Å². The van der Waals surface area contributed by atoms with Gasteiger partial charge in [-0.15, -0.1) is 0 Å². The molecule has 0 N–H and O–H groups in total. The first kappa shape index (κ1) is 24.6. The van der Waals surface area contributed by atoms with Crippen LogP contribution in [0.3, 0.4) is 0 Å². The zero-order valence-electron chi connectivity index (χ0n) is 20.4. The quantitative estimate of drug-likeness (QED) is 0.459. The summed E-state index contributed by atoms with van der Waals surface area (Å²) in [6, 6.07) is 21.2. The van der Waals surface area contributed by atoms with Crippen LogP contribution in [0, 0.1) is 12.7 Å². The Morgan fingerprint density at radius 3 is 2.37 bits per heavy atom. The summed E-state index contributed by atoms with van der Waals surface area (Å²) in [5.74, 6) is -0.0705. The van der Waals surface area contributed by atoms with Gasteiger partial charge >= 0.3 is 0 Å². The van der Waals surface area contributed by atoms with Crippen LogP contribution < -0.4 is 4.74 Å². The highest BCUT2D eigenvalue weighted by Gasteiger charge is 2.32. The van der Waals surface area contributed by atoms with Gasteiger partial charge < -0.3 is 9.64 Å². The molecule has 1 heterocycles. The van der Waals surface area contributed by atoms with Gasteiger partial charge in [0.1, 0.15) is 11.6 Å². The van der Waals surface area contributed by atoms with Gasteiger partial charge in [-0.2, -0.15) is 0 Å². The van der Waals surface area contributed by atoms with E-state index in [2.05, 4.69) is 11.8 Å². The Balaban J connectivity index is 1.40. The van der Waals surface area contributed by atoms with Crippen LogP contribution in [0.25, 0.3) is 0 Å². The zero-order valence-corrected chi connectivity index (χ0v) is 20.4. The van der Waals surface area contributed by atoms with Crippen LogP contribution in [0.2, 0.25) is 0 Å². The van der Waals surface area contributed by atoms with E-state index in [9.17, 15) is 14.0 Å². The Morgan fingerprint density at radius 1 is 0.943 bits per heavy atom. The van der Waals surface area contributed by atoms with E-state index in [-0.39, 0.29) is 36.2 Å². The summed E-state index contributed by atoms with van der Waals surface area (Å²) in [4.78, 5) is 30.3. The fourth-order valence-electron chi connectivity index (χ4n) is 4.50. The molecule has 0 aliphatic carbocycles. The Bertz CT molecular complexity index is 1180. The molecule has 6 heteroatoms. The first-order valence-corrected chi connectivity index (χ1v) is 11.9. The first-order chi connectivity index (χ1) is 16.8. The molecule has 1 aliphatic rings. The van der Waals surface area contributed by atoms with E-state index in [1.54, 1.807) is 36.4 Å². The molecule has 2 atom stereocenters. The Hall–Kier alpha value is -3.51. The molecule has 0 radical (unpaired) electrons. The van der Waals surface area contributed by atoms with E-state index in [0.717, 1.165) is 11.1 Å². The molecule has 0 bridgehead atoms. The van der Waals surface area contributed by atoms with Gasteiger partial charge in [0.25, 0.3) is 5.91 Å². The zero-order chi connectivity index (χ0) is 24.9. The van der Waals surface area contributed by atoms with Crippen molar-refractivity contribution >= 4 is 11.7 Å². The molecule has 35 heavy (non-hydrogen) atoms. The molecule has 182 valence electrons. The maximum absolute atomic E-state index is 13.2. The third-order valence-corrected chi connectivity index (χ3v) is 6.50. The normalized spacial score (nSPS) is 18.3. The summed E-state index contributed by atoms with van der Waals surface area (Å²) in [5, 5.41) is 0. The number of carbonyl (C=O) groups is 2. The van der Waals surface area contributed by atoms with Crippen LogP contribution in [0.1, 0.15) is 40.9 Å². The number of hydrogen-bond donors (Lipinski definition) is 0. The van der Waals surface area contributed by atoms with Gasteiger partial charge in [-0.3, -0.25) is 14.5 Å². The molecule has 3 aromatic rings. The summed E-state index contributed by atoms with van der Waals surface area (Å²) >= 11 is 0. The maximum Gasteiger partial charge on any atom is 0.260 e. The van der Waals surface area contributed by atoms with Crippen molar-refractivity contribution in [1.29, 1.82) is 0 Å². The molecule has 1 aliphatic heterocycles. The summed E-state index contributed by atoms with van der Waals surface area (Å²) in [7, 11) is 0. The lowest BCUT2D eigenvalue weighted by Gasteiger charge is -2.44. The number of hydrogen-bond acceptors (Lipinski definition) is 4. The van der Waals surface area contributed by atoms with E-state index >= 15 is 0 Å². The number of aryl methyl sites for hydroxylation is 1. The van der Waals surface area contributed by atoms with E-state index in [1.807, 2.05) is 43.0 Å². The summed E-state index contributed by atoms with van der Waals surface area (Å²) < 4.78 is 19.1. The van der Waals surface area contributed by atoms with E-state index in [1.165, 1.54) is 12.1 Å². The number of ketones is 1. The number of ether oxygens (including phenoxy) is 1. The highest BCUT2D eigenvalue weighted by molar-refractivity contribution is 6.10. The number of carbonyl (C=O) groups excluding carboxylic acids is 2. The monoisotopic (exact) mass is 474 g/mol. The van der Waals surface area contributed by atoms with Crippen molar-refractivity contribution in [2.75, 3.05) is 19.7 Å². The number of nitrogens with zero attached hydrogens (tertiary/aromatic N) is 2. The SMILES string of the molecule is Cc1ccc(OCC(=O)N2C[C@@H](C)N(Cc3ccc(F)cc3)C[C@@H]2C)c(C(=O)c2ccccc2)c1. The van der Waals surface area contributed by atoms with Crippen molar-refractivity contribution in [1.82, 2.24) is 9.80 Å². The van der Waals surface area contributed by atoms with E-state index in [4.69, 9.17) is 4.74 Å². The molecule has 0 spiro atoms. The van der Waals surface area contributed by atoms with Crippen molar-refractivity contribution in [2.45, 2.75) is 39.4 Å². The highest BCUT2D eigenvalue weighted by Crippen LogP contribution is 2.24. The Labute approximate surface area is 206 Å². The summed E-state index contributed by atoms with van der Waals surface area (Å²) in [5.41, 5.74) is 3.02. The molecular formula is C29H31FN2O3. The van der Waals surface area contributed by atoms with E-state index in [0.29, 0.717) is 36.5 Å². The van der Waals surface area contributed by atoms with Crippen LogP contribution in [-0.4, -0.2) is 53.3 Å².